The molecule has 0 aromatic heterocycles. The molecule has 264 valence electrons. The third-order valence-electron chi connectivity index (χ3n) is 7.23. The monoisotopic (exact) mass is 770 g/mol. The van der Waals surface area contributed by atoms with Gasteiger partial charge in [0.1, 0.15) is 0 Å². The van der Waals surface area contributed by atoms with Gasteiger partial charge in [0.15, 0.2) is 0 Å². The molecule has 0 atom stereocenters. The van der Waals surface area contributed by atoms with Crippen LogP contribution in [0.15, 0.2) is 202 Å². The molecule has 4 nitrogen and oxygen atoms in total. The minimum absolute atomic E-state index is 0.303. The van der Waals surface area contributed by atoms with Crippen LogP contribution < -0.4 is 0 Å². The summed E-state index contributed by atoms with van der Waals surface area (Å²) < 4.78 is 50.0. The highest BCUT2D eigenvalue weighted by Crippen LogP contribution is 2.33. The summed E-state index contributed by atoms with van der Waals surface area (Å²) in [6.45, 7) is 8.42. The Balaban J connectivity index is 0.000000236. The summed E-state index contributed by atoms with van der Waals surface area (Å²) in [5, 5.41) is 0. The Bertz CT molecular complexity index is 2150. The molecule has 6 aromatic carbocycles. The van der Waals surface area contributed by atoms with Gasteiger partial charge in [0.25, 0.3) is 0 Å². The summed E-state index contributed by atoms with van der Waals surface area (Å²) in [5.74, 6) is 0.401. The van der Waals surface area contributed by atoms with E-state index in [4.69, 9.17) is 0 Å². The van der Waals surface area contributed by atoms with Crippen molar-refractivity contribution in [1.29, 1.82) is 0 Å². The van der Waals surface area contributed by atoms with Crippen LogP contribution >= 0.6 is 36.2 Å². The fourth-order valence-corrected chi connectivity index (χ4v) is 8.90. The van der Waals surface area contributed by atoms with Crippen molar-refractivity contribution in [2.75, 3.05) is 0 Å². The third-order valence-corrected chi connectivity index (χ3v) is 13.1. The lowest BCUT2D eigenvalue weighted by molar-refractivity contribution is 0.594. The van der Waals surface area contributed by atoms with Crippen LogP contribution in [0.1, 0.15) is 45.6 Å². The summed E-state index contributed by atoms with van der Waals surface area (Å²) in [6.07, 6.45) is 1.25. The summed E-state index contributed by atoms with van der Waals surface area (Å²) in [7, 11) is -6.86. The predicted molar refractivity (Wildman–Crippen MR) is 215 cm³/mol. The fraction of sp³-hybridized carbons (Fsp3) is 0.143. The maximum atomic E-state index is 12.7. The van der Waals surface area contributed by atoms with E-state index in [2.05, 4.69) is 76.7 Å². The molecular formula is C42H42O4S5. The molecule has 6 aromatic rings. The van der Waals surface area contributed by atoms with Gasteiger partial charge >= 0.3 is 0 Å². The molecule has 0 fully saturated rings. The minimum Gasteiger partial charge on any atom is -0.219 e. The van der Waals surface area contributed by atoms with E-state index in [0.29, 0.717) is 25.5 Å². The SMILES string of the molecule is CC(C)c1ccc(S(=O)(=O)c2ccccc2)cc1.CCC.O=S(=O)(c1ccccc1)c1ccc(Sc2ccc(Sc3ccc(S)cc3)cc2)cc1. The highest BCUT2D eigenvalue weighted by Gasteiger charge is 2.18. The van der Waals surface area contributed by atoms with Gasteiger partial charge in [-0.05, 0) is 121 Å². The van der Waals surface area contributed by atoms with Crippen LogP contribution in [0, 0.1) is 0 Å². The largest absolute Gasteiger partial charge is 0.219 e. The van der Waals surface area contributed by atoms with Crippen molar-refractivity contribution in [1.82, 2.24) is 0 Å². The van der Waals surface area contributed by atoms with E-state index in [1.54, 1.807) is 108 Å². The van der Waals surface area contributed by atoms with Crippen molar-refractivity contribution in [2.24, 2.45) is 0 Å². The van der Waals surface area contributed by atoms with Gasteiger partial charge in [0.05, 0.1) is 19.6 Å². The molecule has 0 aliphatic carbocycles. The van der Waals surface area contributed by atoms with Crippen LogP contribution in [0.2, 0.25) is 0 Å². The number of thiol groups is 1. The molecule has 0 aliphatic rings. The molecule has 0 spiro atoms. The maximum Gasteiger partial charge on any atom is 0.206 e. The molecule has 0 radical (unpaired) electrons. The molecule has 0 aliphatic heterocycles. The molecule has 0 N–H and O–H groups in total. The molecule has 0 unspecified atom stereocenters. The smallest absolute Gasteiger partial charge is 0.206 e. The molecule has 0 saturated carbocycles. The summed E-state index contributed by atoms with van der Waals surface area (Å²) >= 11 is 7.62. The molecule has 51 heavy (non-hydrogen) atoms. The van der Waals surface area contributed by atoms with Gasteiger partial charge in [0, 0.05) is 24.5 Å². The third kappa shape index (κ3) is 11.6. The van der Waals surface area contributed by atoms with Gasteiger partial charge in [-0.1, -0.05) is 106 Å². The number of sulfone groups is 2. The van der Waals surface area contributed by atoms with Crippen molar-refractivity contribution in [3.05, 3.63) is 163 Å². The minimum atomic E-state index is -3.48. The van der Waals surface area contributed by atoms with Crippen LogP contribution in [0.5, 0.6) is 0 Å². The maximum absolute atomic E-state index is 12.7. The molecule has 0 saturated heterocycles. The molecule has 9 heteroatoms. The zero-order chi connectivity index (χ0) is 36.9. The summed E-state index contributed by atoms with van der Waals surface area (Å²) in [6, 6.07) is 47.6. The Morgan fingerprint density at radius 3 is 1.06 bits per heavy atom. The molecular weight excluding hydrogens is 729 g/mol. The zero-order valence-electron chi connectivity index (χ0n) is 29.0. The first kappa shape index (κ1) is 40.0. The van der Waals surface area contributed by atoms with E-state index in [1.165, 1.54) is 11.3 Å². The van der Waals surface area contributed by atoms with Crippen LogP contribution in [-0.2, 0) is 19.7 Å². The Hall–Kier alpha value is -3.73. The first-order valence-corrected chi connectivity index (χ1v) is 21.5. The van der Waals surface area contributed by atoms with Gasteiger partial charge in [-0.15, -0.1) is 12.6 Å². The van der Waals surface area contributed by atoms with Crippen molar-refractivity contribution in [2.45, 2.75) is 84.1 Å². The lowest BCUT2D eigenvalue weighted by Crippen LogP contribution is -2.02. The number of benzene rings is 6. The number of hydrogen-bond donors (Lipinski definition) is 1. The lowest BCUT2D eigenvalue weighted by atomic mass is 10.0. The van der Waals surface area contributed by atoms with Crippen LogP contribution in [0.25, 0.3) is 0 Å². The summed E-state index contributed by atoms with van der Waals surface area (Å²) in [5.41, 5.74) is 1.14. The Morgan fingerprint density at radius 1 is 0.451 bits per heavy atom. The molecule has 6 rings (SSSR count). The predicted octanol–water partition coefficient (Wildman–Crippen LogP) is 12.2. The topological polar surface area (TPSA) is 68.3 Å². The summed E-state index contributed by atoms with van der Waals surface area (Å²) in [4.78, 5) is 6.67. The van der Waals surface area contributed by atoms with E-state index >= 15 is 0 Å². The van der Waals surface area contributed by atoms with Crippen molar-refractivity contribution >= 4 is 55.8 Å². The first-order valence-electron chi connectivity index (χ1n) is 16.5. The Kier molecular flexibility index (Phi) is 15.1. The molecule has 0 heterocycles. The van der Waals surface area contributed by atoms with Crippen LogP contribution in [-0.4, -0.2) is 16.8 Å². The first-order chi connectivity index (χ1) is 24.4. The Morgan fingerprint density at radius 2 is 0.725 bits per heavy atom. The Labute approximate surface area is 318 Å². The van der Waals surface area contributed by atoms with Crippen molar-refractivity contribution in [3.8, 4) is 0 Å². The molecule has 0 amide bonds. The standard InChI is InChI=1S/C24H18O2S4.C15H16O2S.C3H8/c25-30(26,23-4-2-1-3-5-23)24-16-14-22(15-17-24)29-21-12-10-20(11-13-21)28-19-8-6-18(27)7-9-19;1-12(2)13-8-10-15(11-9-13)18(16,17)14-6-4-3-5-7-14;1-3-2/h1-17,27H;3-12H,1-2H3;3H2,1-2H3. The van der Waals surface area contributed by atoms with E-state index in [1.807, 2.05) is 36.4 Å². The normalized spacial score (nSPS) is 11.2. The zero-order valence-corrected chi connectivity index (χ0v) is 33.2. The molecule has 0 bridgehead atoms. The van der Waals surface area contributed by atoms with Gasteiger partial charge < -0.3 is 0 Å². The highest BCUT2D eigenvalue weighted by atomic mass is 32.2. The van der Waals surface area contributed by atoms with E-state index in [0.717, 1.165) is 25.1 Å². The van der Waals surface area contributed by atoms with Gasteiger partial charge in [-0.2, -0.15) is 0 Å². The second-order valence-electron chi connectivity index (χ2n) is 11.7. The van der Waals surface area contributed by atoms with E-state index in [-0.39, 0.29) is 0 Å². The lowest BCUT2D eigenvalue weighted by Gasteiger charge is -2.08. The highest BCUT2D eigenvalue weighted by molar-refractivity contribution is 7.99. The number of hydrogen-bond acceptors (Lipinski definition) is 7. The van der Waals surface area contributed by atoms with Crippen molar-refractivity contribution < 1.29 is 16.8 Å². The quantitative estimate of drug-likeness (QED) is 0.148. The van der Waals surface area contributed by atoms with E-state index < -0.39 is 19.7 Å². The average molecular weight is 771 g/mol. The fourth-order valence-electron chi connectivity index (χ4n) is 4.55. The van der Waals surface area contributed by atoms with Crippen molar-refractivity contribution in [3.63, 3.8) is 0 Å². The second kappa shape index (κ2) is 19.2. The van der Waals surface area contributed by atoms with Gasteiger partial charge in [-0.3, -0.25) is 0 Å². The number of rotatable bonds is 9. The van der Waals surface area contributed by atoms with Gasteiger partial charge in [-0.25, -0.2) is 16.8 Å². The van der Waals surface area contributed by atoms with Crippen LogP contribution in [0.3, 0.4) is 0 Å². The van der Waals surface area contributed by atoms with Gasteiger partial charge in [0.2, 0.25) is 19.7 Å². The van der Waals surface area contributed by atoms with Crippen LogP contribution in [0.4, 0.5) is 0 Å². The van der Waals surface area contributed by atoms with E-state index in [9.17, 15) is 16.8 Å². The average Bonchev–Trinajstić information content (AvgIpc) is 3.15. The second-order valence-corrected chi connectivity index (χ2v) is 18.4.